The molecule has 21 heavy (non-hydrogen) atoms. The Morgan fingerprint density at radius 2 is 2.19 bits per heavy atom. The Morgan fingerprint density at radius 1 is 1.48 bits per heavy atom. The molecule has 1 atom stereocenters. The molecule has 0 aliphatic heterocycles. The van der Waals surface area contributed by atoms with Gasteiger partial charge in [0.05, 0.1) is 11.5 Å². The SMILES string of the molecule is CC(COC(=O)c1nccn1C)c1ccccc1[N+](=O)[O-]. The van der Waals surface area contributed by atoms with Crippen molar-refractivity contribution in [2.24, 2.45) is 7.05 Å². The number of nitrogens with zero attached hydrogens (tertiary/aromatic N) is 3. The Morgan fingerprint density at radius 3 is 2.81 bits per heavy atom. The summed E-state index contributed by atoms with van der Waals surface area (Å²) in [5.74, 6) is -0.631. The second-order valence-corrected chi connectivity index (χ2v) is 4.68. The van der Waals surface area contributed by atoms with Crippen LogP contribution in [0, 0.1) is 10.1 Å². The number of hydrogen-bond acceptors (Lipinski definition) is 5. The third-order valence-corrected chi connectivity index (χ3v) is 3.13. The molecule has 0 bridgehead atoms. The number of carbonyl (C=O) groups excluding carboxylic acids is 1. The van der Waals surface area contributed by atoms with Crippen LogP contribution in [0.15, 0.2) is 36.7 Å². The summed E-state index contributed by atoms with van der Waals surface area (Å²) in [6.45, 7) is 1.82. The molecule has 0 aliphatic carbocycles. The standard InChI is InChI=1S/C14H15N3O4/c1-10(11-5-3-4-6-12(11)17(19)20)9-21-14(18)13-15-7-8-16(13)2/h3-8,10H,9H2,1-2H3. The third kappa shape index (κ3) is 3.25. The molecule has 0 spiro atoms. The number of nitro benzene ring substituents is 1. The van der Waals surface area contributed by atoms with E-state index in [9.17, 15) is 14.9 Å². The number of carbonyl (C=O) groups is 1. The topological polar surface area (TPSA) is 87.3 Å². The Labute approximate surface area is 121 Å². The number of imidazole rings is 1. The van der Waals surface area contributed by atoms with E-state index < -0.39 is 10.9 Å². The first-order valence-electron chi connectivity index (χ1n) is 6.38. The summed E-state index contributed by atoms with van der Waals surface area (Å²) >= 11 is 0. The Hall–Kier alpha value is -2.70. The number of esters is 1. The summed E-state index contributed by atoms with van der Waals surface area (Å²) in [6, 6.07) is 6.43. The van der Waals surface area contributed by atoms with Gasteiger partial charge in [-0.25, -0.2) is 9.78 Å². The summed E-state index contributed by atoms with van der Waals surface area (Å²) in [7, 11) is 1.69. The van der Waals surface area contributed by atoms with Crippen molar-refractivity contribution >= 4 is 11.7 Å². The molecule has 0 saturated heterocycles. The van der Waals surface area contributed by atoms with Gasteiger partial charge in [-0.3, -0.25) is 10.1 Å². The molecule has 0 N–H and O–H groups in total. The predicted molar refractivity (Wildman–Crippen MR) is 75.0 cm³/mol. The Bertz CT molecular complexity index is 666. The van der Waals surface area contributed by atoms with Crippen LogP contribution in [0.1, 0.15) is 29.0 Å². The van der Waals surface area contributed by atoms with Crippen LogP contribution in [0.5, 0.6) is 0 Å². The van der Waals surface area contributed by atoms with Crippen LogP contribution in [0.3, 0.4) is 0 Å². The van der Waals surface area contributed by atoms with Gasteiger partial charge >= 0.3 is 5.97 Å². The summed E-state index contributed by atoms with van der Waals surface area (Å²) in [6.07, 6.45) is 3.14. The Kier molecular flexibility index (Phi) is 4.32. The molecule has 7 heteroatoms. The van der Waals surface area contributed by atoms with E-state index in [2.05, 4.69) is 4.98 Å². The van der Waals surface area contributed by atoms with Gasteiger partial charge in [-0.05, 0) is 0 Å². The highest BCUT2D eigenvalue weighted by Gasteiger charge is 2.20. The van der Waals surface area contributed by atoms with Gasteiger partial charge in [0.25, 0.3) is 5.69 Å². The van der Waals surface area contributed by atoms with E-state index >= 15 is 0 Å². The number of aryl methyl sites for hydroxylation is 1. The van der Waals surface area contributed by atoms with Crippen molar-refractivity contribution in [2.75, 3.05) is 6.61 Å². The highest BCUT2D eigenvalue weighted by atomic mass is 16.6. The van der Waals surface area contributed by atoms with Crippen LogP contribution in [-0.4, -0.2) is 27.1 Å². The zero-order valence-corrected chi connectivity index (χ0v) is 11.7. The number of hydrogen-bond donors (Lipinski definition) is 0. The normalized spacial score (nSPS) is 11.9. The second kappa shape index (κ2) is 6.17. The lowest BCUT2D eigenvalue weighted by Crippen LogP contribution is -2.15. The lowest BCUT2D eigenvalue weighted by atomic mass is 10.0. The predicted octanol–water partition coefficient (Wildman–Crippen LogP) is 2.29. The number of para-hydroxylation sites is 1. The van der Waals surface area contributed by atoms with Crippen molar-refractivity contribution < 1.29 is 14.5 Å². The molecule has 0 amide bonds. The van der Waals surface area contributed by atoms with E-state index in [1.165, 1.54) is 12.3 Å². The molecule has 1 aromatic heterocycles. The van der Waals surface area contributed by atoms with E-state index in [-0.39, 0.29) is 24.0 Å². The minimum absolute atomic E-state index is 0.0260. The third-order valence-electron chi connectivity index (χ3n) is 3.13. The molecule has 0 saturated carbocycles. The van der Waals surface area contributed by atoms with Gasteiger partial charge in [-0.15, -0.1) is 0 Å². The fraction of sp³-hybridized carbons (Fsp3) is 0.286. The van der Waals surface area contributed by atoms with Crippen molar-refractivity contribution in [1.82, 2.24) is 9.55 Å². The minimum atomic E-state index is -0.548. The largest absolute Gasteiger partial charge is 0.459 e. The van der Waals surface area contributed by atoms with Gasteiger partial charge in [0.15, 0.2) is 0 Å². The lowest BCUT2D eigenvalue weighted by Gasteiger charge is -2.12. The molecular formula is C14H15N3O4. The Balaban J connectivity index is 2.06. The summed E-state index contributed by atoms with van der Waals surface area (Å²) in [4.78, 5) is 26.3. The van der Waals surface area contributed by atoms with Gasteiger partial charge in [0.2, 0.25) is 5.82 Å². The number of rotatable bonds is 5. The fourth-order valence-corrected chi connectivity index (χ4v) is 1.99. The molecule has 0 radical (unpaired) electrons. The van der Waals surface area contributed by atoms with Crippen molar-refractivity contribution in [3.63, 3.8) is 0 Å². The monoisotopic (exact) mass is 289 g/mol. The van der Waals surface area contributed by atoms with Crippen molar-refractivity contribution in [2.45, 2.75) is 12.8 Å². The average Bonchev–Trinajstić information content (AvgIpc) is 2.90. The maximum absolute atomic E-state index is 11.8. The van der Waals surface area contributed by atoms with Crippen LogP contribution >= 0.6 is 0 Å². The van der Waals surface area contributed by atoms with Crippen LogP contribution in [0.2, 0.25) is 0 Å². The number of nitro groups is 1. The van der Waals surface area contributed by atoms with E-state index in [4.69, 9.17) is 4.74 Å². The highest BCUT2D eigenvalue weighted by molar-refractivity contribution is 5.85. The quantitative estimate of drug-likeness (QED) is 0.479. The fourth-order valence-electron chi connectivity index (χ4n) is 1.99. The molecule has 0 fully saturated rings. The van der Waals surface area contributed by atoms with Crippen molar-refractivity contribution in [1.29, 1.82) is 0 Å². The summed E-state index contributed by atoms with van der Waals surface area (Å²) in [5.41, 5.74) is 0.563. The van der Waals surface area contributed by atoms with Crippen molar-refractivity contribution in [3.05, 3.63) is 58.2 Å². The van der Waals surface area contributed by atoms with Gasteiger partial charge in [0.1, 0.15) is 0 Å². The molecule has 0 aliphatic rings. The average molecular weight is 289 g/mol. The van der Waals surface area contributed by atoms with Gasteiger partial charge < -0.3 is 9.30 Å². The molecule has 1 heterocycles. The number of aromatic nitrogens is 2. The van der Waals surface area contributed by atoms with Crippen LogP contribution in [-0.2, 0) is 11.8 Å². The minimum Gasteiger partial charge on any atom is -0.459 e. The molecule has 7 nitrogen and oxygen atoms in total. The van der Waals surface area contributed by atoms with E-state index in [1.54, 1.807) is 42.9 Å². The van der Waals surface area contributed by atoms with E-state index in [0.29, 0.717) is 5.56 Å². The van der Waals surface area contributed by atoms with Gasteiger partial charge in [-0.2, -0.15) is 0 Å². The van der Waals surface area contributed by atoms with E-state index in [0.717, 1.165) is 0 Å². The molecular weight excluding hydrogens is 274 g/mol. The molecule has 2 aromatic rings. The summed E-state index contributed by atoms with van der Waals surface area (Å²) in [5, 5.41) is 11.0. The first kappa shape index (κ1) is 14.7. The molecule has 1 aromatic carbocycles. The number of benzene rings is 1. The molecule has 1 unspecified atom stereocenters. The van der Waals surface area contributed by atoms with Gasteiger partial charge in [0, 0.05) is 37.0 Å². The van der Waals surface area contributed by atoms with Crippen LogP contribution < -0.4 is 0 Å². The lowest BCUT2D eigenvalue weighted by molar-refractivity contribution is -0.385. The second-order valence-electron chi connectivity index (χ2n) is 4.68. The number of ether oxygens (including phenoxy) is 1. The molecule has 110 valence electrons. The first-order chi connectivity index (χ1) is 10.0. The van der Waals surface area contributed by atoms with Crippen LogP contribution in [0.25, 0.3) is 0 Å². The highest BCUT2D eigenvalue weighted by Crippen LogP contribution is 2.26. The first-order valence-corrected chi connectivity index (χ1v) is 6.38. The summed E-state index contributed by atoms with van der Waals surface area (Å²) < 4.78 is 6.73. The van der Waals surface area contributed by atoms with Gasteiger partial charge in [-0.1, -0.05) is 25.1 Å². The zero-order valence-electron chi connectivity index (χ0n) is 11.7. The van der Waals surface area contributed by atoms with E-state index in [1.807, 2.05) is 0 Å². The van der Waals surface area contributed by atoms with Crippen molar-refractivity contribution in [3.8, 4) is 0 Å². The maximum atomic E-state index is 11.8. The molecule has 2 rings (SSSR count). The smallest absolute Gasteiger partial charge is 0.374 e. The zero-order chi connectivity index (χ0) is 15.4. The maximum Gasteiger partial charge on any atom is 0.374 e. The van der Waals surface area contributed by atoms with Crippen LogP contribution in [0.4, 0.5) is 5.69 Å².